The number of hydrogen-bond acceptors (Lipinski definition) is 1. The van der Waals surface area contributed by atoms with Crippen LogP contribution in [0.25, 0.3) is 115 Å². The number of nitrogens with zero attached hydrogens (tertiary/aromatic N) is 4. The second kappa shape index (κ2) is 16.0. The maximum atomic E-state index is 2.48. The molecule has 3 aromatic heterocycles. The zero-order valence-corrected chi connectivity index (χ0v) is 39.2. The van der Waals surface area contributed by atoms with Gasteiger partial charge < -0.3 is 18.6 Å². The van der Waals surface area contributed by atoms with Crippen LogP contribution in [-0.4, -0.2) is 13.7 Å². The molecule has 0 saturated heterocycles. The molecule has 0 amide bonds. The highest BCUT2D eigenvalue weighted by Gasteiger charge is 2.23. The lowest BCUT2D eigenvalue weighted by Crippen LogP contribution is -2.12. The molecule has 0 fully saturated rings. The van der Waals surface area contributed by atoms with Crippen molar-refractivity contribution in [2.24, 2.45) is 0 Å². The van der Waals surface area contributed by atoms with Gasteiger partial charge in [-0.3, -0.25) is 0 Å². The molecule has 15 rings (SSSR count). The summed E-state index contributed by atoms with van der Waals surface area (Å²) in [4.78, 5) is 2.48. The molecule has 336 valence electrons. The van der Waals surface area contributed by atoms with Gasteiger partial charge in [-0.15, -0.1) is 0 Å². The van der Waals surface area contributed by atoms with E-state index in [1.807, 2.05) is 0 Å². The van der Waals surface area contributed by atoms with E-state index in [9.17, 15) is 0 Å². The first kappa shape index (κ1) is 40.3. The SMILES string of the molecule is c1ccc(-n2c3ccccc3c3ccc(-c4ccc(N(c5ccc(-n6c7ccccc7c7ccccc76)cc5)c5ccc(-n6c7ccccc7c7ccccc76)c6ccccc56)c5ccccc45)cc32)cc1. The Hall–Kier alpha value is -9.64. The number of hydrogen-bond donors (Lipinski definition) is 0. The van der Waals surface area contributed by atoms with Crippen LogP contribution in [0.4, 0.5) is 17.1 Å². The van der Waals surface area contributed by atoms with Gasteiger partial charge in [0.2, 0.25) is 0 Å². The molecule has 4 nitrogen and oxygen atoms in total. The summed E-state index contributed by atoms with van der Waals surface area (Å²) in [5, 5.41) is 12.2. The molecule has 0 spiro atoms. The normalized spacial score (nSPS) is 11.9. The van der Waals surface area contributed by atoms with Gasteiger partial charge in [0, 0.05) is 65.5 Å². The first-order valence-electron chi connectivity index (χ1n) is 24.8. The average Bonchev–Trinajstić information content (AvgIpc) is 4.09. The van der Waals surface area contributed by atoms with Gasteiger partial charge in [0.1, 0.15) is 0 Å². The minimum atomic E-state index is 1.07. The van der Waals surface area contributed by atoms with E-state index in [0.29, 0.717) is 0 Å². The Bertz CT molecular complexity index is 4520. The number of rotatable bonds is 7. The summed E-state index contributed by atoms with van der Waals surface area (Å²) in [6.07, 6.45) is 0. The molecule has 0 atom stereocenters. The molecule has 3 heterocycles. The van der Waals surface area contributed by atoms with Gasteiger partial charge >= 0.3 is 0 Å². The fourth-order valence-electron chi connectivity index (χ4n) is 11.9. The zero-order valence-electron chi connectivity index (χ0n) is 39.2. The molecule has 0 aliphatic carbocycles. The number of aromatic nitrogens is 3. The van der Waals surface area contributed by atoms with E-state index in [4.69, 9.17) is 0 Å². The fraction of sp³-hybridized carbons (Fsp3) is 0. The summed E-state index contributed by atoms with van der Waals surface area (Å²) in [6, 6.07) is 97.9. The molecule has 0 aliphatic rings. The third kappa shape index (κ3) is 5.99. The van der Waals surface area contributed by atoms with Crippen LogP contribution in [0.15, 0.2) is 267 Å². The van der Waals surface area contributed by atoms with Gasteiger partial charge in [0.05, 0.1) is 50.2 Å². The summed E-state index contributed by atoms with van der Waals surface area (Å²) in [6.45, 7) is 0. The van der Waals surface area contributed by atoms with Crippen LogP contribution in [-0.2, 0) is 0 Å². The van der Waals surface area contributed by atoms with Crippen molar-refractivity contribution in [2.45, 2.75) is 0 Å². The first-order valence-corrected chi connectivity index (χ1v) is 24.8. The van der Waals surface area contributed by atoms with Crippen LogP contribution in [0, 0.1) is 0 Å². The van der Waals surface area contributed by atoms with Crippen LogP contribution in [0.2, 0.25) is 0 Å². The molecule has 0 N–H and O–H groups in total. The quantitative estimate of drug-likeness (QED) is 0.156. The molecule has 0 unspecified atom stereocenters. The topological polar surface area (TPSA) is 18.0 Å². The summed E-state index contributed by atoms with van der Waals surface area (Å²) in [5.74, 6) is 0. The van der Waals surface area contributed by atoms with Crippen molar-refractivity contribution >= 4 is 104 Å². The summed E-state index contributed by atoms with van der Waals surface area (Å²) < 4.78 is 7.25. The van der Waals surface area contributed by atoms with Crippen LogP contribution < -0.4 is 4.90 Å². The Kier molecular flexibility index (Phi) is 8.92. The third-order valence-electron chi connectivity index (χ3n) is 15.0. The van der Waals surface area contributed by atoms with Gasteiger partial charge in [-0.05, 0) is 108 Å². The lowest BCUT2D eigenvalue weighted by molar-refractivity contribution is 1.17. The predicted octanol–water partition coefficient (Wildman–Crippen LogP) is 18.4. The van der Waals surface area contributed by atoms with E-state index >= 15 is 0 Å². The minimum Gasteiger partial charge on any atom is -0.309 e. The van der Waals surface area contributed by atoms with Crippen LogP contribution in [0.5, 0.6) is 0 Å². The number of fused-ring (bicyclic) bond motifs is 11. The molecule has 0 aliphatic heterocycles. The largest absolute Gasteiger partial charge is 0.309 e. The molecule has 0 radical (unpaired) electrons. The van der Waals surface area contributed by atoms with E-state index in [1.165, 1.54) is 92.7 Å². The maximum Gasteiger partial charge on any atom is 0.0547 e. The molecule has 72 heavy (non-hydrogen) atoms. The average molecular weight is 917 g/mol. The van der Waals surface area contributed by atoms with Crippen molar-refractivity contribution < 1.29 is 0 Å². The monoisotopic (exact) mass is 916 g/mol. The molecule has 4 heteroatoms. The highest BCUT2D eigenvalue weighted by Crippen LogP contribution is 2.47. The predicted molar refractivity (Wildman–Crippen MR) is 305 cm³/mol. The third-order valence-corrected chi connectivity index (χ3v) is 15.0. The smallest absolute Gasteiger partial charge is 0.0547 e. The van der Waals surface area contributed by atoms with Crippen molar-refractivity contribution in [3.05, 3.63) is 267 Å². The molecule has 15 aromatic rings. The van der Waals surface area contributed by atoms with Crippen molar-refractivity contribution in [3.8, 4) is 28.2 Å². The van der Waals surface area contributed by atoms with E-state index in [2.05, 4.69) is 286 Å². The van der Waals surface area contributed by atoms with Crippen LogP contribution in [0.1, 0.15) is 0 Å². The Morgan fingerprint density at radius 1 is 0.236 bits per heavy atom. The molecular weight excluding hydrogens is 873 g/mol. The van der Waals surface area contributed by atoms with E-state index in [1.54, 1.807) is 0 Å². The molecule has 12 aromatic carbocycles. The van der Waals surface area contributed by atoms with E-state index < -0.39 is 0 Å². The van der Waals surface area contributed by atoms with E-state index in [-0.39, 0.29) is 0 Å². The number of para-hydroxylation sites is 6. The zero-order chi connectivity index (χ0) is 47.3. The van der Waals surface area contributed by atoms with Crippen molar-refractivity contribution in [2.75, 3.05) is 4.90 Å². The van der Waals surface area contributed by atoms with Gasteiger partial charge in [-0.2, -0.15) is 0 Å². The van der Waals surface area contributed by atoms with Crippen molar-refractivity contribution in [3.63, 3.8) is 0 Å². The maximum absolute atomic E-state index is 2.48. The van der Waals surface area contributed by atoms with Crippen molar-refractivity contribution in [1.29, 1.82) is 0 Å². The minimum absolute atomic E-state index is 1.07. The highest BCUT2D eigenvalue weighted by molar-refractivity contribution is 6.15. The van der Waals surface area contributed by atoms with Gasteiger partial charge in [0.15, 0.2) is 0 Å². The highest BCUT2D eigenvalue weighted by atomic mass is 15.1. The van der Waals surface area contributed by atoms with Gasteiger partial charge in [0.25, 0.3) is 0 Å². The van der Waals surface area contributed by atoms with Gasteiger partial charge in [-0.25, -0.2) is 0 Å². The number of benzene rings is 12. The second-order valence-electron chi connectivity index (χ2n) is 18.8. The Balaban J connectivity index is 0.955. The fourth-order valence-corrected chi connectivity index (χ4v) is 11.9. The summed E-state index contributed by atoms with van der Waals surface area (Å²) in [7, 11) is 0. The van der Waals surface area contributed by atoms with Crippen LogP contribution >= 0.6 is 0 Å². The Labute approximate surface area is 415 Å². The second-order valence-corrected chi connectivity index (χ2v) is 18.8. The molecule has 0 saturated carbocycles. The Morgan fingerprint density at radius 2 is 0.625 bits per heavy atom. The van der Waals surface area contributed by atoms with Gasteiger partial charge in [-0.1, -0.05) is 176 Å². The standard InChI is InChI=1S/C68H44N4/c1-2-18-46(19-3-1)71-62-31-15-10-28-58(62)59-39-34-45(44-68(59)71)49-40-41-65(51-21-5-4-20-50(49)51)70(48-37-35-47(36-38-48)69-60-29-13-8-24-52(60)53-25-9-14-30-61(53)69)66-42-43-67(57-23-7-6-22-56(57)66)72-63-32-16-11-26-54(63)55-27-12-17-33-64(55)72/h1-44H. The van der Waals surface area contributed by atoms with Crippen molar-refractivity contribution in [1.82, 2.24) is 13.7 Å². The Morgan fingerprint density at radius 3 is 1.17 bits per heavy atom. The lowest BCUT2D eigenvalue weighted by Gasteiger charge is -2.29. The first-order chi connectivity index (χ1) is 35.8. The number of anilines is 3. The molecule has 0 bridgehead atoms. The van der Waals surface area contributed by atoms with Crippen LogP contribution in [0.3, 0.4) is 0 Å². The summed E-state index contributed by atoms with van der Waals surface area (Å²) >= 11 is 0. The lowest BCUT2D eigenvalue weighted by atomic mass is 9.95. The summed E-state index contributed by atoms with van der Waals surface area (Å²) in [5.41, 5.74) is 16.2. The van der Waals surface area contributed by atoms with E-state index in [0.717, 1.165) is 39.5 Å². The molecular formula is C68H44N4.